The van der Waals surface area contributed by atoms with Crippen molar-refractivity contribution in [3.63, 3.8) is 0 Å². The molecule has 0 aliphatic carbocycles. The van der Waals surface area contributed by atoms with E-state index in [9.17, 15) is 34.6 Å². The van der Waals surface area contributed by atoms with Crippen LogP contribution in [0, 0.1) is 20.2 Å². The number of hydrogen-bond acceptors (Lipinski definition) is 10. The summed E-state index contributed by atoms with van der Waals surface area (Å²) in [6, 6.07) is 10.6. The summed E-state index contributed by atoms with van der Waals surface area (Å²) < 4.78 is 10.6. The van der Waals surface area contributed by atoms with Crippen molar-refractivity contribution >= 4 is 41.1 Å². The number of nitro benzene ring substituents is 2. The van der Waals surface area contributed by atoms with Crippen LogP contribution in [0.5, 0.6) is 0 Å². The van der Waals surface area contributed by atoms with Gasteiger partial charge in [-0.05, 0) is 41.8 Å². The van der Waals surface area contributed by atoms with E-state index in [1.54, 1.807) is 4.90 Å². The lowest BCUT2D eigenvalue weighted by molar-refractivity contribution is -0.385. The molecule has 1 N–H and O–H groups in total. The number of β-lactam (4-membered cyclic amide) rings is 1. The lowest BCUT2D eigenvalue weighted by atomic mass is 10.0. The lowest BCUT2D eigenvalue weighted by Gasteiger charge is -2.37. The number of benzene rings is 2. The van der Waals surface area contributed by atoms with E-state index in [4.69, 9.17) is 9.47 Å². The van der Waals surface area contributed by atoms with Crippen LogP contribution in [0.4, 0.5) is 16.2 Å². The molecule has 38 heavy (non-hydrogen) atoms. The number of nitro groups is 2. The summed E-state index contributed by atoms with van der Waals surface area (Å²) in [5.74, 6) is -0.173. The van der Waals surface area contributed by atoms with Gasteiger partial charge >= 0.3 is 12.1 Å². The van der Waals surface area contributed by atoms with Gasteiger partial charge in [-0.25, -0.2) is 9.59 Å². The third kappa shape index (κ3) is 6.37. The first-order valence-electron chi connectivity index (χ1n) is 11.7. The minimum absolute atomic E-state index is 0.0171. The van der Waals surface area contributed by atoms with E-state index in [1.807, 2.05) is 0 Å². The Hall–Kier alpha value is -4.20. The van der Waals surface area contributed by atoms with Gasteiger partial charge in [-0.1, -0.05) is 0 Å². The Bertz CT molecular complexity index is 1220. The molecule has 0 spiro atoms. The quantitative estimate of drug-likeness (QED) is 0.146. The number of esters is 1. The fourth-order valence-corrected chi connectivity index (χ4v) is 5.61. The van der Waals surface area contributed by atoms with E-state index in [1.165, 1.54) is 60.3 Å². The molecule has 3 atom stereocenters. The average Bonchev–Trinajstić information content (AvgIpc) is 3.20. The van der Waals surface area contributed by atoms with Crippen molar-refractivity contribution in [1.29, 1.82) is 0 Å². The Morgan fingerprint density at radius 1 is 0.947 bits per heavy atom. The molecule has 2 aliphatic rings. The first-order valence-corrected chi connectivity index (χ1v) is 12.7. The summed E-state index contributed by atoms with van der Waals surface area (Å²) in [4.78, 5) is 59.0. The monoisotopic (exact) mass is 544 g/mol. The highest BCUT2D eigenvalue weighted by molar-refractivity contribution is 8.00. The molecule has 2 saturated heterocycles. The number of alkyl carbamates (subject to hydrolysis) is 1. The number of fused-ring (bicyclic) bond motifs is 1. The maximum atomic E-state index is 12.9. The van der Waals surface area contributed by atoms with Gasteiger partial charge < -0.3 is 19.7 Å². The van der Waals surface area contributed by atoms with Crippen LogP contribution < -0.4 is 5.32 Å². The van der Waals surface area contributed by atoms with Crippen molar-refractivity contribution in [2.24, 2.45) is 0 Å². The lowest BCUT2D eigenvalue weighted by Crippen LogP contribution is -2.55. The molecule has 0 radical (unpaired) electrons. The van der Waals surface area contributed by atoms with Crippen LogP contribution in [0.2, 0.25) is 0 Å². The second-order valence-corrected chi connectivity index (χ2v) is 10.1. The smallest absolute Gasteiger partial charge is 0.407 e. The molecular formula is C24H24N4O9S. The number of non-ortho nitro benzene ring substituents is 2. The molecular weight excluding hydrogens is 520 g/mol. The summed E-state index contributed by atoms with van der Waals surface area (Å²) in [6.45, 7) is 0.157. The second kappa shape index (κ2) is 11.9. The predicted octanol–water partition coefficient (Wildman–Crippen LogP) is 2.95. The summed E-state index contributed by atoms with van der Waals surface area (Å²) in [5.41, 5.74) is 1.08. The van der Waals surface area contributed by atoms with Crippen LogP contribution in [0.1, 0.15) is 24.0 Å². The summed E-state index contributed by atoms with van der Waals surface area (Å²) >= 11 is 1.45. The van der Waals surface area contributed by atoms with Crippen molar-refractivity contribution in [2.75, 3.05) is 12.3 Å². The number of carbonyl (C=O) groups is 3. The Morgan fingerprint density at radius 3 is 2.03 bits per heavy atom. The number of nitrogens with zero attached hydrogens (tertiary/aromatic N) is 3. The van der Waals surface area contributed by atoms with Crippen LogP contribution in [0.15, 0.2) is 48.5 Å². The highest BCUT2D eigenvalue weighted by Gasteiger charge is 2.54. The van der Waals surface area contributed by atoms with Gasteiger partial charge in [-0.15, -0.1) is 0 Å². The number of thioether (sulfide) groups is 1. The molecule has 2 aliphatic heterocycles. The number of ether oxygens (including phenoxy) is 2. The SMILES string of the molecule is O=C(NCCS[C@@H]1CC2CC(=O)N2[C@H]1C(=O)OCc1ccc([N+](=O)[O-])cc1)OCc1ccc([N+](=O)[O-])cc1. The standard InChI is InChI=1S/C24H24N4O9S/c29-21-12-19-11-20(22(26(19)21)23(30)36-13-15-1-5-17(6-2-15)27(32)33)38-10-9-25-24(31)37-14-16-3-7-18(8-4-16)28(34)35/h1-8,19-20,22H,9-14H2,(H,25,31)/t19?,20-,22-/m1/s1. The molecule has 13 nitrogen and oxygen atoms in total. The Morgan fingerprint density at radius 2 is 1.50 bits per heavy atom. The maximum Gasteiger partial charge on any atom is 0.407 e. The largest absolute Gasteiger partial charge is 0.459 e. The van der Waals surface area contributed by atoms with Crippen molar-refractivity contribution in [3.05, 3.63) is 79.9 Å². The zero-order valence-electron chi connectivity index (χ0n) is 20.0. The zero-order valence-corrected chi connectivity index (χ0v) is 20.8. The molecule has 200 valence electrons. The first-order chi connectivity index (χ1) is 18.2. The Balaban J connectivity index is 1.21. The van der Waals surface area contributed by atoms with Gasteiger partial charge in [-0.2, -0.15) is 11.8 Å². The summed E-state index contributed by atoms with van der Waals surface area (Å²) in [6.07, 6.45) is 0.378. The number of carbonyl (C=O) groups excluding carboxylic acids is 3. The molecule has 1 unspecified atom stereocenters. The van der Waals surface area contributed by atoms with Gasteiger partial charge in [0.1, 0.15) is 19.3 Å². The normalized spacial score (nSPS) is 19.7. The predicted molar refractivity (Wildman–Crippen MR) is 134 cm³/mol. The molecule has 2 aromatic carbocycles. The Kier molecular flexibility index (Phi) is 8.41. The third-order valence-electron chi connectivity index (χ3n) is 6.24. The van der Waals surface area contributed by atoms with E-state index in [2.05, 4.69) is 5.32 Å². The average molecular weight is 545 g/mol. The van der Waals surface area contributed by atoms with Gasteiger partial charge in [0.15, 0.2) is 0 Å². The van der Waals surface area contributed by atoms with Crippen LogP contribution in [0.3, 0.4) is 0 Å². The first kappa shape index (κ1) is 26.9. The number of hydrogen-bond donors (Lipinski definition) is 1. The van der Waals surface area contributed by atoms with Crippen molar-refractivity contribution in [2.45, 2.75) is 43.4 Å². The topological polar surface area (TPSA) is 171 Å². The highest BCUT2D eigenvalue weighted by Crippen LogP contribution is 2.41. The summed E-state index contributed by atoms with van der Waals surface area (Å²) in [7, 11) is 0. The molecule has 2 heterocycles. The van der Waals surface area contributed by atoms with Gasteiger partial charge in [0.2, 0.25) is 5.91 Å². The second-order valence-electron chi connectivity index (χ2n) is 8.71. The van der Waals surface area contributed by atoms with Crippen molar-refractivity contribution in [3.8, 4) is 0 Å². The molecule has 0 bridgehead atoms. The maximum absolute atomic E-state index is 12.9. The van der Waals surface area contributed by atoms with E-state index in [-0.39, 0.29) is 48.3 Å². The zero-order chi connectivity index (χ0) is 27.2. The fourth-order valence-electron chi connectivity index (χ4n) is 4.31. The van der Waals surface area contributed by atoms with Crippen LogP contribution in [-0.4, -0.2) is 62.3 Å². The highest BCUT2D eigenvalue weighted by atomic mass is 32.2. The molecule has 2 amide bonds. The van der Waals surface area contributed by atoms with E-state index >= 15 is 0 Å². The molecule has 2 fully saturated rings. The molecule has 14 heteroatoms. The minimum Gasteiger partial charge on any atom is -0.459 e. The third-order valence-corrected chi connectivity index (χ3v) is 7.56. The minimum atomic E-state index is -0.738. The van der Waals surface area contributed by atoms with Crippen LogP contribution >= 0.6 is 11.8 Å². The van der Waals surface area contributed by atoms with Gasteiger partial charge in [0.05, 0.1) is 9.85 Å². The Labute approximate surface area is 220 Å². The van der Waals surface area contributed by atoms with Crippen molar-refractivity contribution in [1.82, 2.24) is 10.2 Å². The molecule has 4 rings (SSSR count). The van der Waals surface area contributed by atoms with E-state index in [0.29, 0.717) is 29.7 Å². The molecule has 0 saturated carbocycles. The number of rotatable bonds is 11. The van der Waals surface area contributed by atoms with Gasteiger partial charge in [0.25, 0.3) is 11.4 Å². The molecule has 0 aromatic heterocycles. The van der Waals surface area contributed by atoms with Gasteiger partial charge in [-0.3, -0.25) is 25.0 Å². The number of amides is 2. The van der Waals surface area contributed by atoms with Crippen LogP contribution in [-0.2, 0) is 32.3 Å². The van der Waals surface area contributed by atoms with Gasteiger partial charge in [0, 0.05) is 54.3 Å². The van der Waals surface area contributed by atoms with Crippen molar-refractivity contribution < 1.29 is 33.7 Å². The fraction of sp³-hybridized carbons (Fsp3) is 0.375. The van der Waals surface area contributed by atoms with Crippen LogP contribution in [0.25, 0.3) is 0 Å². The number of nitrogens with one attached hydrogen (secondary N) is 1. The van der Waals surface area contributed by atoms with E-state index < -0.39 is 28.0 Å². The summed E-state index contributed by atoms with van der Waals surface area (Å²) in [5, 5.41) is 23.9. The molecule has 2 aromatic rings. The van der Waals surface area contributed by atoms with E-state index in [0.717, 1.165) is 0 Å².